The Bertz CT molecular complexity index is 304. The van der Waals surface area contributed by atoms with Gasteiger partial charge in [-0.15, -0.1) is 0 Å². The van der Waals surface area contributed by atoms with Gasteiger partial charge in [0.2, 0.25) is 0 Å². The Kier molecular flexibility index (Phi) is 10.1. The van der Waals surface area contributed by atoms with Crippen LogP contribution in [0, 0.1) is 5.41 Å². The normalized spacial score (nSPS) is 13.0. The molecule has 21 heavy (non-hydrogen) atoms. The minimum atomic E-state index is -0.812. The Morgan fingerprint density at radius 3 is 2.19 bits per heavy atom. The topological polar surface area (TPSA) is 63.6 Å². The van der Waals surface area contributed by atoms with Crippen LogP contribution >= 0.6 is 0 Å². The summed E-state index contributed by atoms with van der Waals surface area (Å²) in [5.41, 5.74) is 0.139. The van der Waals surface area contributed by atoms with Crippen molar-refractivity contribution in [3.05, 3.63) is 0 Å². The average molecular weight is 300 g/mol. The summed E-state index contributed by atoms with van der Waals surface area (Å²) in [5.74, 6) is -1.00. The first-order valence-corrected chi connectivity index (χ1v) is 8.16. The molecule has 4 nitrogen and oxygen atoms in total. The summed E-state index contributed by atoms with van der Waals surface area (Å²) in [7, 11) is 0. The van der Waals surface area contributed by atoms with E-state index in [0.29, 0.717) is 19.3 Å². The third-order valence-electron chi connectivity index (χ3n) is 3.29. The number of carboxylic acid groups (broad SMARTS) is 1. The molecule has 4 heteroatoms. The van der Waals surface area contributed by atoms with Crippen LogP contribution < -0.4 is 0 Å². The molecule has 0 aromatic carbocycles. The lowest BCUT2D eigenvalue weighted by atomic mass is 9.87. The average Bonchev–Trinajstić information content (AvgIpc) is 2.32. The molecule has 0 saturated carbocycles. The van der Waals surface area contributed by atoms with Gasteiger partial charge in [-0.3, -0.25) is 9.59 Å². The molecular weight excluding hydrogens is 268 g/mol. The Balaban J connectivity index is 4.11. The SMILES string of the molecule is CCCCCC(CC(C)(C)C)OC(=O)CCCCC(=O)O. The van der Waals surface area contributed by atoms with Gasteiger partial charge in [-0.2, -0.15) is 0 Å². The van der Waals surface area contributed by atoms with E-state index in [4.69, 9.17) is 9.84 Å². The number of rotatable bonds is 11. The largest absolute Gasteiger partial charge is 0.481 e. The van der Waals surface area contributed by atoms with E-state index < -0.39 is 5.97 Å². The summed E-state index contributed by atoms with van der Waals surface area (Å²) < 4.78 is 5.59. The van der Waals surface area contributed by atoms with Crippen molar-refractivity contribution in [2.45, 2.75) is 91.6 Å². The number of hydrogen-bond donors (Lipinski definition) is 1. The summed E-state index contributed by atoms with van der Waals surface area (Å²) in [6, 6.07) is 0. The van der Waals surface area contributed by atoms with E-state index in [9.17, 15) is 9.59 Å². The van der Waals surface area contributed by atoms with E-state index in [0.717, 1.165) is 32.1 Å². The van der Waals surface area contributed by atoms with Crippen LogP contribution in [0.2, 0.25) is 0 Å². The first kappa shape index (κ1) is 19.9. The van der Waals surface area contributed by atoms with Crippen molar-refractivity contribution in [2.75, 3.05) is 0 Å². The molecule has 0 bridgehead atoms. The standard InChI is InChI=1S/C17H32O4/c1-5-6-7-10-14(13-17(2,3)4)21-16(20)12-9-8-11-15(18)19/h14H,5-13H2,1-4H3,(H,18,19). The zero-order valence-corrected chi connectivity index (χ0v) is 14.1. The molecule has 0 spiro atoms. The third kappa shape index (κ3) is 13.7. The van der Waals surface area contributed by atoms with E-state index in [1.165, 1.54) is 0 Å². The summed E-state index contributed by atoms with van der Waals surface area (Å²) in [6.45, 7) is 8.62. The zero-order valence-electron chi connectivity index (χ0n) is 14.1. The van der Waals surface area contributed by atoms with Crippen LogP contribution in [-0.2, 0) is 14.3 Å². The highest BCUT2D eigenvalue weighted by Crippen LogP contribution is 2.25. The van der Waals surface area contributed by atoms with Gasteiger partial charge < -0.3 is 9.84 Å². The van der Waals surface area contributed by atoms with Crippen molar-refractivity contribution in [3.63, 3.8) is 0 Å². The fraction of sp³-hybridized carbons (Fsp3) is 0.882. The van der Waals surface area contributed by atoms with Gasteiger partial charge in [-0.25, -0.2) is 0 Å². The van der Waals surface area contributed by atoms with Gasteiger partial charge >= 0.3 is 11.9 Å². The second kappa shape index (κ2) is 10.6. The lowest BCUT2D eigenvalue weighted by Crippen LogP contribution is -2.24. The van der Waals surface area contributed by atoms with Gasteiger partial charge in [-0.05, 0) is 37.5 Å². The third-order valence-corrected chi connectivity index (χ3v) is 3.29. The molecule has 0 aliphatic heterocycles. The van der Waals surface area contributed by atoms with E-state index in [-0.39, 0.29) is 23.9 Å². The molecule has 1 N–H and O–H groups in total. The van der Waals surface area contributed by atoms with Gasteiger partial charge in [0.1, 0.15) is 6.10 Å². The molecule has 1 atom stereocenters. The summed E-state index contributed by atoms with van der Waals surface area (Å²) >= 11 is 0. The van der Waals surface area contributed by atoms with Crippen molar-refractivity contribution in [3.8, 4) is 0 Å². The molecule has 124 valence electrons. The Labute approximate surface area is 129 Å². The second-order valence-corrected chi connectivity index (χ2v) is 6.97. The van der Waals surface area contributed by atoms with Crippen molar-refractivity contribution in [2.24, 2.45) is 5.41 Å². The maximum Gasteiger partial charge on any atom is 0.306 e. The molecule has 0 radical (unpaired) electrons. The Hall–Kier alpha value is -1.06. The molecule has 0 fully saturated rings. The first-order valence-electron chi connectivity index (χ1n) is 8.16. The molecule has 0 rings (SSSR count). The minimum absolute atomic E-state index is 0.0106. The fourth-order valence-electron chi connectivity index (χ4n) is 2.30. The quantitative estimate of drug-likeness (QED) is 0.449. The second-order valence-electron chi connectivity index (χ2n) is 6.97. The number of esters is 1. The molecule has 0 aromatic heterocycles. The van der Waals surface area contributed by atoms with E-state index in [2.05, 4.69) is 27.7 Å². The zero-order chi connectivity index (χ0) is 16.3. The maximum atomic E-state index is 11.8. The number of unbranched alkanes of at least 4 members (excludes halogenated alkanes) is 3. The lowest BCUT2D eigenvalue weighted by molar-refractivity contribution is -0.151. The summed E-state index contributed by atoms with van der Waals surface area (Å²) in [6.07, 6.45) is 6.75. The minimum Gasteiger partial charge on any atom is -0.481 e. The highest BCUT2D eigenvalue weighted by molar-refractivity contribution is 5.70. The fourth-order valence-corrected chi connectivity index (χ4v) is 2.30. The monoisotopic (exact) mass is 300 g/mol. The number of ether oxygens (including phenoxy) is 1. The van der Waals surface area contributed by atoms with Gasteiger partial charge in [0, 0.05) is 12.8 Å². The predicted octanol–water partition coefficient (Wildman–Crippen LogP) is 4.56. The van der Waals surface area contributed by atoms with E-state index in [1.54, 1.807) is 0 Å². The van der Waals surface area contributed by atoms with Gasteiger partial charge in [0.25, 0.3) is 0 Å². The summed E-state index contributed by atoms with van der Waals surface area (Å²) in [5, 5.41) is 8.56. The number of aliphatic carboxylic acids is 1. The number of carbonyl (C=O) groups excluding carboxylic acids is 1. The van der Waals surface area contributed by atoms with Crippen molar-refractivity contribution < 1.29 is 19.4 Å². The number of carboxylic acids is 1. The Morgan fingerprint density at radius 1 is 1.05 bits per heavy atom. The number of carbonyl (C=O) groups is 2. The van der Waals surface area contributed by atoms with Crippen LogP contribution in [-0.4, -0.2) is 23.1 Å². The van der Waals surface area contributed by atoms with E-state index >= 15 is 0 Å². The lowest BCUT2D eigenvalue weighted by Gasteiger charge is -2.26. The molecule has 0 aliphatic rings. The van der Waals surface area contributed by atoms with Gasteiger partial charge in [0.15, 0.2) is 0 Å². The predicted molar refractivity (Wildman–Crippen MR) is 84.2 cm³/mol. The molecule has 0 heterocycles. The highest BCUT2D eigenvalue weighted by atomic mass is 16.5. The van der Waals surface area contributed by atoms with Crippen molar-refractivity contribution in [1.82, 2.24) is 0 Å². The molecule has 0 saturated heterocycles. The van der Waals surface area contributed by atoms with E-state index in [1.807, 2.05) is 0 Å². The van der Waals surface area contributed by atoms with Crippen molar-refractivity contribution >= 4 is 11.9 Å². The van der Waals surface area contributed by atoms with Crippen LogP contribution in [0.3, 0.4) is 0 Å². The smallest absolute Gasteiger partial charge is 0.306 e. The first-order chi connectivity index (χ1) is 9.74. The molecular formula is C17H32O4. The van der Waals surface area contributed by atoms with Crippen LogP contribution in [0.25, 0.3) is 0 Å². The maximum absolute atomic E-state index is 11.8. The van der Waals surface area contributed by atoms with Crippen LogP contribution in [0.15, 0.2) is 0 Å². The van der Waals surface area contributed by atoms with Gasteiger partial charge in [-0.1, -0.05) is 40.5 Å². The van der Waals surface area contributed by atoms with Gasteiger partial charge in [0.05, 0.1) is 0 Å². The van der Waals surface area contributed by atoms with Crippen LogP contribution in [0.5, 0.6) is 0 Å². The molecule has 0 amide bonds. The van der Waals surface area contributed by atoms with Crippen LogP contribution in [0.1, 0.15) is 85.5 Å². The molecule has 0 aromatic rings. The Morgan fingerprint density at radius 2 is 1.67 bits per heavy atom. The summed E-state index contributed by atoms with van der Waals surface area (Å²) in [4.78, 5) is 22.3. The number of hydrogen-bond acceptors (Lipinski definition) is 3. The highest BCUT2D eigenvalue weighted by Gasteiger charge is 2.21. The molecule has 1 unspecified atom stereocenters. The van der Waals surface area contributed by atoms with Crippen molar-refractivity contribution in [1.29, 1.82) is 0 Å². The molecule has 0 aliphatic carbocycles. The van der Waals surface area contributed by atoms with Crippen LogP contribution in [0.4, 0.5) is 0 Å².